The molecular formula is C17H27N2+. The molecular weight excluding hydrogens is 232 g/mol. The van der Waals surface area contributed by atoms with Crippen molar-refractivity contribution >= 4 is 5.71 Å². The second kappa shape index (κ2) is 7.25. The Morgan fingerprint density at radius 2 is 1.89 bits per heavy atom. The van der Waals surface area contributed by atoms with Crippen LogP contribution in [0.5, 0.6) is 0 Å². The molecule has 1 unspecified atom stereocenters. The van der Waals surface area contributed by atoms with Gasteiger partial charge < -0.3 is 0 Å². The summed E-state index contributed by atoms with van der Waals surface area (Å²) in [6.07, 6.45) is 5.35. The number of allylic oxidation sites excluding steroid dienone is 1. The fourth-order valence-corrected chi connectivity index (χ4v) is 2.31. The van der Waals surface area contributed by atoms with Crippen molar-refractivity contribution < 1.29 is 4.59 Å². The van der Waals surface area contributed by atoms with Gasteiger partial charge in [0, 0.05) is 5.92 Å². The zero-order valence-electron chi connectivity index (χ0n) is 12.8. The Morgan fingerprint density at radius 3 is 2.42 bits per heavy atom. The van der Waals surface area contributed by atoms with Crippen LogP contribution in [0, 0.1) is 0 Å². The lowest BCUT2D eigenvalue weighted by molar-refractivity contribution is -0.877. The molecule has 0 aliphatic rings. The molecule has 0 saturated heterocycles. The van der Waals surface area contributed by atoms with Crippen LogP contribution in [-0.4, -0.2) is 31.4 Å². The Bertz CT molecular complexity index is 413. The molecule has 104 valence electrons. The van der Waals surface area contributed by atoms with Gasteiger partial charge in [-0.2, -0.15) is 0 Å². The zero-order chi connectivity index (χ0) is 14.3. The van der Waals surface area contributed by atoms with Gasteiger partial charge in [-0.3, -0.25) is 0 Å². The van der Waals surface area contributed by atoms with Crippen LogP contribution in [0.2, 0.25) is 0 Å². The summed E-state index contributed by atoms with van der Waals surface area (Å²) in [4.78, 5) is 0. The lowest BCUT2D eigenvalue weighted by Crippen LogP contribution is -2.30. The van der Waals surface area contributed by atoms with E-state index in [1.807, 2.05) is 6.08 Å². The summed E-state index contributed by atoms with van der Waals surface area (Å²) >= 11 is 0. The Labute approximate surface area is 118 Å². The highest BCUT2D eigenvalue weighted by Gasteiger charge is 2.18. The van der Waals surface area contributed by atoms with Gasteiger partial charge >= 0.3 is 0 Å². The van der Waals surface area contributed by atoms with Crippen molar-refractivity contribution in [2.75, 3.05) is 21.1 Å². The fourth-order valence-electron chi connectivity index (χ4n) is 2.31. The lowest BCUT2D eigenvalue weighted by Gasteiger charge is -2.21. The summed E-state index contributed by atoms with van der Waals surface area (Å²) in [5.41, 5.74) is 2.57. The van der Waals surface area contributed by atoms with Gasteiger partial charge in [0.15, 0.2) is 0 Å². The van der Waals surface area contributed by atoms with E-state index < -0.39 is 0 Å². The van der Waals surface area contributed by atoms with E-state index in [4.69, 9.17) is 5.10 Å². The first-order valence-corrected chi connectivity index (χ1v) is 6.98. The largest absolute Gasteiger partial charge is 0.205 e. The molecule has 0 bridgehead atoms. The van der Waals surface area contributed by atoms with Gasteiger partial charge in [0.2, 0.25) is 0 Å². The number of benzene rings is 1. The maximum atomic E-state index is 4.79. The number of nitrogens with zero attached hydrogens (tertiary/aromatic N) is 2. The molecule has 0 fully saturated rings. The van der Waals surface area contributed by atoms with Crippen LogP contribution in [0.25, 0.3) is 0 Å². The standard InChI is InChI=1S/C17H27N2/c1-6-7-9-14-17(15(2)18-19(3,4)5)16-12-10-8-11-13-16/h6,8,10-13,17H,1,7,9,14H2,2-5H3/q+1/b18-15-. The molecule has 2 heteroatoms. The molecule has 0 radical (unpaired) electrons. The molecule has 0 spiro atoms. The van der Waals surface area contributed by atoms with Crippen LogP contribution in [0.15, 0.2) is 48.1 Å². The van der Waals surface area contributed by atoms with Crippen molar-refractivity contribution in [3.05, 3.63) is 48.6 Å². The van der Waals surface area contributed by atoms with Crippen molar-refractivity contribution in [1.29, 1.82) is 0 Å². The van der Waals surface area contributed by atoms with E-state index in [0.717, 1.165) is 19.3 Å². The highest BCUT2D eigenvalue weighted by Crippen LogP contribution is 2.24. The second-order valence-electron chi connectivity index (χ2n) is 5.87. The third kappa shape index (κ3) is 5.84. The summed E-state index contributed by atoms with van der Waals surface area (Å²) < 4.78 is 0.622. The first kappa shape index (κ1) is 15.6. The van der Waals surface area contributed by atoms with Crippen molar-refractivity contribution in [2.45, 2.75) is 32.1 Å². The van der Waals surface area contributed by atoms with E-state index in [1.54, 1.807) is 0 Å². The average Bonchev–Trinajstić information content (AvgIpc) is 2.33. The number of rotatable bonds is 7. The van der Waals surface area contributed by atoms with E-state index in [0.29, 0.717) is 10.5 Å². The number of quaternary nitrogens is 1. The van der Waals surface area contributed by atoms with E-state index in [-0.39, 0.29) is 0 Å². The molecule has 0 amide bonds. The zero-order valence-corrected chi connectivity index (χ0v) is 12.8. The van der Waals surface area contributed by atoms with E-state index in [2.05, 4.69) is 65.0 Å². The van der Waals surface area contributed by atoms with Gasteiger partial charge in [0.05, 0.1) is 26.9 Å². The highest BCUT2D eigenvalue weighted by molar-refractivity contribution is 5.88. The first-order valence-electron chi connectivity index (χ1n) is 6.98. The quantitative estimate of drug-likeness (QED) is 0.229. The molecule has 1 aromatic rings. The smallest absolute Gasteiger partial charge is 0.0923 e. The fraction of sp³-hybridized carbons (Fsp3) is 0.471. The van der Waals surface area contributed by atoms with Gasteiger partial charge in [0.25, 0.3) is 0 Å². The summed E-state index contributed by atoms with van der Waals surface area (Å²) in [6.45, 7) is 5.95. The third-order valence-corrected chi connectivity index (χ3v) is 3.07. The SMILES string of the molecule is C=CCCCC(/C(C)=N\[N+](C)(C)C)c1ccccc1. The van der Waals surface area contributed by atoms with Crippen LogP contribution in [0.3, 0.4) is 0 Å². The van der Waals surface area contributed by atoms with Gasteiger partial charge in [-0.05, 0) is 31.7 Å². The maximum Gasteiger partial charge on any atom is 0.0923 e. The highest BCUT2D eigenvalue weighted by atomic mass is 15.6. The number of unbranched alkanes of at least 4 members (excludes halogenated alkanes) is 1. The van der Waals surface area contributed by atoms with Crippen LogP contribution < -0.4 is 0 Å². The second-order valence-corrected chi connectivity index (χ2v) is 5.87. The third-order valence-electron chi connectivity index (χ3n) is 3.07. The van der Waals surface area contributed by atoms with Gasteiger partial charge in [-0.25, -0.2) is 4.59 Å². The Kier molecular flexibility index (Phi) is 5.97. The topological polar surface area (TPSA) is 12.4 Å². The predicted octanol–water partition coefficient (Wildman–Crippen LogP) is 4.21. The van der Waals surface area contributed by atoms with Crippen LogP contribution in [0.1, 0.15) is 37.7 Å². The number of hydrogen-bond donors (Lipinski definition) is 0. The molecule has 0 aliphatic heterocycles. The van der Waals surface area contributed by atoms with Crippen LogP contribution in [-0.2, 0) is 0 Å². The van der Waals surface area contributed by atoms with E-state index in [9.17, 15) is 0 Å². The molecule has 0 aromatic heterocycles. The minimum atomic E-state index is 0.415. The van der Waals surface area contributed by atoms with E-state index in [1.165, 1.54) is 11.3 Å². The predicted molar refractivity (Wildman–Crippen MR) is 84.4 cm³/mol. The minimum absolute atomic E-state index is 0.415. The Morgan fingerprint density at radius 1 is 1.26 bits per heavy atom. The molecule has 2 nitrogen and oxygen atoms in total. The summed E-state index contributed by atoms with van der Waals surface area (Å²) in [5, 5.41) is 4.79. The van der Waals surface area contributed by atoms with Gasteiger partial charge in [-0.15, -0.1) is 6.58 Å². The summed E-state index contributed by atoms with van der Waals surface area (Å²) in [6, 6.07) is 10.7. The van der Waals surface area contributed by atoms with Crippen LogP contribution >= 0.6 is 0 Å². The number of hydrogen-bond acceptors (Lipinski definition) is 1. The maximum absolute atomic E-state index is 4.79. The molecule has 0 heterocycles. The Balaban J connectivity index is 2.92. The Hall–Kier alpha value is -1.41. The van der Waals surface area contributed by atoms with Crippen molar-refractivity contribution in [3.63, 3.8) is 0 Å². The van der Waals surface area contributed by atoms with Crippen LogP contribution in [0.4, 0.5) is 0 Å². The van der Waals surface area contributed by atoms with Crippen molar-refractivity contribution in [3.8, 4) is 0 Å². The molecule has 1 rings (SSSR count). The minimum Gasteiger partial charge on any atom is -0.205 e. The van der Waals surface area contributed by atoms with Gasteiger partial charge in [0.1, 0.15) is 0 Å². The molecule has 0 aliphatic carbocycles. The normalized spacial score (nSPS) is 14.2. The molecule has 1 atom stereocenters. The van der Waals surface area contributed by atoms with E-state index >= 15 is 0 Å². The molecule has 0 saturated carbocycles. The first-order chi connectivity index (χ1) is 8.94. The average molecular weight is 259 g/mol. The molecule has 0 N–H and O–H groups in total. The lowest BCUT2D eigenvalue weighted by atomic mass is 9.90. The molecule has 19 heavy (non-hydrogen) atoms. The molecule has 1 aromatic carbocycles. The van der Waals surface area contributed by atoms with Gasteiger partial charge in [-0.1, -0.05) is 41.5 Å². The monoisotopic (exact) mass is 259 g/mol. The summed E-state index contributed by atoms with van der Waals surface area (Å²) in [7, 11) is 6.28. The van der Waals surface area contributed by atoms with Crippen molar-refractivity contribution in [2.24, 2.45) is 5.10 Å². The van der Waals surface area contributed by atoms with Crippen molar-refractivity contribution in [1.82, 2.24) is 0 Å². The summed E-state index contributed by atoms with van der Waals surface area (Å²) in [5.74, 6) is 0.415.